The molecule has 2 rings (SSSR count). The summed E-state index contributed by atoms with van der Waals surface area (Å²) in [6.45, 7) is 4.33. The average molecular weight is 395 g/mol. The number of hydrogen-bond acceptors (Lipinski definition) is 3. The van der Waals surface area contributed by atoms with E-state index in [-0.39, 0.29) is 4.90 Å². The van der Waals surface area contributed by atoms with Gasteiger partial charge in [-0.2, -0.15) is 0 Å². The first-order valence-corrected chi connectivity index (χ1v) is 9.27. The fourth-order valence-electron chi connectivity index (χ4n) is 1.63. The van der Waals surface area contributed by atoms with Gasteiger partial charge in [-0.15, -0.1) is 11.3 Å². The maximum atomic E-state index is 12.2. The van der Waals surface area contributed by atoms with Gasteiger partial charge >= 0.3 is 0 Å². The van der Waals surface area contributed by atoms with Crippen LogP contribution in [0.2, 0.25) is 5.02 Å². The fourth-order valence-corrected chi connectivity index (χ4v) is 4.40. The molecule has 7 heteroatoms. The number of aryl methyl sites for hydroxylation is 2. The standard InChI is InChI=1S/C13H13BrClNO2S2/c1-8-5-10(19-9(8)2)7-16-20(17,18)11-3-4-13(15)12(14)6-11/h3-6,16H,7H2,1-2H3. The minimum atomic E-state index is -3.53. The molecule has 2 aromatic rings. The highest BCUT2D eigenvalue weighted by atomic mass is 79.9. The van der Waals surface area contributed by atoms with Crippen LogP contribution in [0.4, 0.5) is 0 Å². The minimum Gasteiger partial charge on any atom is -0.207 e. The molecule has 108 valence electrons. The first-order valence-electron chi connectivity index (χ1n) is 5.80. The molecule has 3 nitrogen and oxygen atoms in total. The Bertz CT molecular complexity index is 721. The number of nitrogens with one attached hydrogen (secondary N) is 1. The Balaban J connectivity index is 2.16. The van der Waals surface area contributed by atoms with Gasteiger partial charge in [0.1, 0.15) is 0 Å². The van der Waals surface area contributed by atoms with Crippen LogP contribution in [0.3, 0.4) is 0 Å². The van der Waals surface area contributed by atoms with E-state index in [4.69, 9.17) is 11.6 Å². The highest BCUT2D eigenvalue weighted by Crippen LogP contribution is 2.26. The van der Waals surface area contributed by atoms with E-state index in [0.29, 0.717) is 16.0 Å². The highest BCUT2D eigenvalue weighted by Gasteiger charge is 2.15. The lowest BCUT2D eigenvalue weighted by Gasteiger charge is -2.06. The van der Waals surface area contributed by atoms with Crippen molar-refractivity contribution in [3.8, 4) is 0 Å². The summed E-state index contributed by atoms with van der Waals surface area (Å²) < 4.78 is 27.5. The van der Waals surface area contributed by atoms with Crippen LogP contribution in [0.1, 0.15) is 15.3 Å². The fraction of sp³-hybridized carbons (Fsp3) is 0.231. The van der Waals surface area contributed by atoms with Crippen LogP contribution in [-0.2, 0) is 16.6 Å². The Hall–Kier alpha value is -0.400. The molecular weight excluding hydrogens is 382 g/mol. The molecule has 1 aromatic carbocycles. The monoisotopic (exact) mass is 393 g/mol. The van der Waals surface area contributed by atoms with E-state index >= 15 is 0 Å². The third-order valence-electron chi connectivity index (χ3n) is 2.85. The Morgan fingerprint density at radius 2 is 2.00 bits per heavy atom. The largest absolute Gasteiger partial charge is 0.240 e. The van der Waals surface area contributed by atoms with Gasteiger partial charge in [-0.1, -0.05) is 11.6 Å². The summed E-state index contributed by atoms with van der Waals surface area (Å²) in [5.74, 6) is 0. The van der Waals surface area contributed by atoms with Crippen molar-refractivity contribution in [3.63, 3.8) is 0 Å². The normalized spacial score (nSPS) is 11.8. The molecule has 0 aliphatic rings. The molecule has 20 heavy (non-hydrogen) atoms. The third-order valence-corrected chi connectivity index (χ3v) is 6.62. The van der Waals surface area contributed by atoms with Crippen LogP contribution in [0.15, 0.2) is 33.6 Å². The van der Waals surface area contributed by atoms with Gasteiger partial charge in [-0.3, -0.25) is 0 Å². The first-order chi connectivity index (χ1) is 9.29. The molecule has 0 unspecified atom stereocenters. The number of rotatable bonds is 4. The van der Waals surface area contributed by atoms with E-state index in [1.54, 1.807) is 17.4 Å². The zero-order valence-electron chi connectivity index (χ0n) is 10.9. The number of thiophene rings is 1. The summed E-state index contributed by atoms with van der Waals surface area (Å²) in [7, 11) is -3.53. The van der Waals surface area contributed by atoms with E-state index in [2.05, 4.69) is 20.7 Å². The second-order valence-electron chi connectivity index (χ2n) is 4.35. The topological polar surface area (TPSA) is 46.2 Å². The van der Waals surface area contributed by atoms with Crippen LogP contribution in [-0.4, -0.2) is 8.42 Å². The van der Waals surface area contributed by atoms with Crippen molar-refractivity contribution in [2.45, 2.75) is 25.3 Å². The zero-order chi connectivity index (χ0) is 14.9. The van der Waals surface area contributed by atoms with E-state index in [1.807, 2.05) is 19.9 Å². The lowest BCUT2D eigenvalue weighted by atomic mass is 10.3. The Morgan fingerprint density at radius 3 is 2.55 bits per heavy atom. The van der Waals surface area contributed by atoms with E-state index in [1.165, 1.54) is 22.6 Å². The van der Waals surface area contributed by atoms with Crippen molar-refractivity contribution in [1.29, 1.82) is 0 Å². The number of sulfonamides is 1. The second-order valence-corrected chi connectivity index (χ2v) is 8.72. The van der Waals surface area contributed by atoms with Crippen LogP contribution >= 0.6 is 38.9 Å². The van der Waals surface area contributed by atoms with Gasteiger partial charge < -0.3 is 0 Å². The summed E-state index contributed by atoms with van der Waals surface area (Å²) >= 11 is 10.7. The van der Waals surface area contributed by atoms with Crippen molar-refractivity contribution >= 4 is 48.9 Å². The molecule has 1 aromatic heterocycles. The van der Waals surface area contributed by atoms with Crippen molar-refractivity contribution in [3.05, 3.63) is 49.1 Å². The Morgan fingerprint density at radius 1 is 1.30 bits per heavy atom. The highest BCUT2D eigenvalue weighted by molar-refractivity contribution is 9.10. The first kappa shape index (κ1) is 16.0. The quantitative estimate of drug-likeness (QED) is 0.842. The number of benzene rings is 1. The van der Waals surface area contributed by atoms with Crippen LogP contribution in [0.5, 0.6) is 0 Å². The lowest BCUT2D eigenvalue weighted by molar-refractivity contribution is 0.582. The van der Waals surface area contributed by atoms with E-state index < -0.39 is 10.0 Å². The predicted octanol–water partition coefficient (Wildman–Crippen LogP) is 4.26. The molecule has 0 spiro atoms. The Kier molecular flexibility index (Phi) is 4.92. The Labute approximate surface area is 136 Å². The van der Waals surface area contributed by atoms with Crippen molar-refractivity contribution in [1.82, 2.24) is 4.72 Å². The van der Waals surface area contributed by atoms with Crippen molar-refractivity contribution in [2.24, 2.45) is 0 Å². The summed E-state index contributed by atoms with van der Waals surface area (Å²) in [5, 5.41) is 0.480. The molecule has 0 saturated carbocycles. The molecule has 1 heterocycles. The number of hydrogen-bond donors (Lipinski definition) is 1. The zero-order valence-corrected chi connectivity index (χ0v) is 14.9. The maximum absolute atomic E-state index is 12.2. The molecule has 0 fully saturated rings. The van der Waals surface area contributed by atoms with Gasteiger partial charge in [0, 0.05) is 20.8 Å². The summed E-state index contributed by atoms with van der Waals surface area (Å²) in [5.41, 5.74) is 1.18. The summed E-state index contributed by atoms with van der Waals surface area (Å²) in [6, 6.07) is 6.54. The molecule has 0 aliphatic heterocycles. The molecule has 1 N–H and O–H groups in total. The van der Waals surface area contributed by atoms with Gasteiger partial charge in [0.15, 0.2) is 0 Å². The van der Waals surface area contributed by atoms with Crippen LogP contribution in [0, 0.1) is 13.8 Å². The molecule has 0 bridgehead atoms. The predicted molar refractivity (Wildman–Crippen MR) is 87.0 cm³/mol. The molecule has 0 aliphatic carbocycles. The summed E-state index contributed by atoms with van der Waals surface area (Å²) in [6.07, 6.45) is 0. The molecular formula is C13H13BrClNO2S2. The van der Waals surface area contributed by atoms with Gasteiger partial charge in [-0.05, 0) is 59.6 Å². The maximum Gasteiger partial charge on any atom is 0.240 e. The smallest absolute Gasteiger partial charge is 0.207 e. The second kappa shape index (κ2) is 6.15. The molecule has 0 atom stereocenters. The van der Waals surface area contributed by atoms with E-state index in [9.17, 15) is 8.42 Å². The average Bonchev–Trinajstić information content (AvgIpc) is 2.70. The molecule has 0 amide bonds. The lowest BCUT2D eigenvalue weighted by Crippen LogP contribution is -2.22. The van der Waals surface area contributed by atoms with Gasteiger partial charge in [0.05, 0.1) is 9.92 Å². The minimum absolute atomic E-state index is 0.193. The third kappa shape index (κ3) is 3.62. The van der Waals surface area contributed by atoms with Gasteiger partial charge in [0.25, 0.3) is 0 Å². The SMILES string of the molecule is Cc1cc(CNS(=O)(=O)c2ccc(Cl)c(Br)c2)sc1C. The van der Waals surface area contributed by atoms with Gasteiger partial charge in [0.2, 0.25) is 10.0 Å². The van der Waals surface area contributed by atoms with E-state index in [0.717, 1.165) is 4.88 Å². The van der Waals surface area contributed by atoms with Crippen molar-refractivity contribution < 1.29 is 8.42 Å². The van der Waals surface area contributed by atoms with Crippen molar-refractivity contribution in [2.75, 3.05) is 0 Å². The van der Waals surface area contributed by atoms with Crippen LogP contribution < -0.4 is 4.72 Å². The van der Waals surface area contributed by atoms with Gasteiger partial charge in [-0.25, -0.2) is 13.1 Å². The van der Waals surface area contributed by atoms with Crippen LogP contribution in [0.25, 0.3) is 0 Å². The molecule has 0 saturated heterocycles. The summed E-state index contributed by atoms with van der Waals surface area (Å²) in [4.78, 5) is 2.39. The number of halogens is 2. The molecule has 0 radical (unpaired) electrons.